The first-order valence-corrected chi connectivity index (χ1v) is 5.04. The van der Waals surface area contributed by atoms with E-state index in [-0.39, 0.29) is 0 Å². The van der Waals surface area contributed by atoms with Gasteiger partial charge in [0.25, 0.3) is 0 Å². The molecule has 0 saturated carbocycles. The molecule has 1 aromatic carbocycles. The van der Waals surface area contributed by atoms with Gasteiger partial charge in [-0.1, -0.05) is 18.2 Å². The van der Waals surface area contributed by atoms with Crippen LogP contribution in [0.4, 0.5) is 9.52 Å². The largest absolute Gasteiger partial charge is 0.375 e. The van der Waals surface area contributed by atoms with Crippen molar-refractivity contribution in [3.8, 4) is 11.3 Å². The lowest BCUT2D eigenvalue weighted by molar-refractivity contribution is 0.485. The van der Waals surface area contributed by atoms with Crippen LogP contribution in [0.5, 0.6) is 0 Å². The van der Waals surface area contributed by atoms with Gasteiger partial charge in [0.1, 0.15) is 6.67 Å². The smallest absolute Gasteiger partial charge is 0.180 e. The van der Waals surface area contributed by atoms with Crippen molar-refractivity contribution >= 4 is 16.5 Å². The molecule has 0 aliphatic heterocycles. The second kappa shape index (κ2) is 3.75. The number of nitrogens with two attached hydrogens (primary N) is 1. The van der Waals surface area contributed by atoms with E-state index in [0.717, 1.165) is 11.3 Å². The number of aromatic nitrogens is 1. The lowest BCUT2D eigenvalue weighted by Crippen LogP contribution is -1.84. The molecule has 2 nitrogen and oxygen atoms in total. The summed E-state index contributed by atoms with van der Waals surface area (Å²) in [6, 6.07) is 7.25. The molecule has 2 rings (SSSR count). The van der Waals surface area contributed by atoms with Gasteiger partial charge in [0.2, 0.25) is 0 Å². The van der Waals surface area contributed by atoms with Crippen molar-refractivity contribution in [1.82, 2.24) is 4.98 Å². The Morgan fingerprint density at radius 2 is 2.29 bits per heavy atom. The topological polar surface area (TPSA) is 38.9 Å². The van der Waals surface area contributed by atoms with Crippen molar-refractivity contribution in [3.05, 3.63) is 35.2 Å². The minimum absolute atomic E-state index is 0.451. The van der Waals surface area contributed by atoms with E-state index in [0.29, 0.717) is 10.7 Å². The molecule has 2 N–H and O–H groups in total. The van der Waals surface area contributed by atoms with E-state index in [1.165, 1.54) is 11.3 Å². The molecule has 0 unspecified atom stereocenters. The van der Waals surface area contributed by atoms with Crippen LogP contribution in [0.3, 0.4) is 0 Å². The van der Waals surface area contributed by atoms with Crippen LogP contribution in [0.2, 0.25) is 0 Å². The van der Waals surface area contributed by atoms with Gasteiger partial charge in [-0.25, -0.2) is 9.37 Å². The van der Waals surface area contributed by atoms with Crippen molar-refractivity contribution in [2.24, 2.45) is 0 Å². The summed E-state index contributed by atoms with van der Waals surface area (Å²) >= 11 is 1.39. The molecule has 0 radical (unpaired) electrons. The van der Waals surface area contributed by atoms with Crippen LogP contribution in [0.1, 0.15) is 5.56 Å². The molecule has 1 aromatic heterocycles. The number of anilines is 1. The Bertz CT molecular complexity index is 439. The Kier molecular flexibility index (Phi) is 2.45. The van der Waals surface area contributed by atoms with E-state index < -0.39 is 6.67 Å². The molecule has 0 bridgehead atoms. The summed E-state index contributed by atoms with van der Waals surface area (Å²) in [5.41, 5.74) is 7.90. The van der Waals surface area contributed by atoms with Crippen LogP contribution >= 0.6 is 11.3 Å². The average Bonchev–Trinajstić information content (AvgIpc) is 2.65. The lowest BCUT2D eigenvalue weighted by atomic mass is 10.1. The Hall–Kier alpha value is -1.42. The van der Waals surface area contributed by atoms with E-state index in [2.05, 4.69) is 4.98 Å². The summed E-state index contributed by atoms with van der Waals surface area (Å²) in [6.45, 7) is -0.451. The minimum atomic E-state index is -0.451. The molecule has 0 fully saturated rings. The fourth-order valence-electron chi connectivity index (χ4n) is 1.23. The number of nitrogens with zero attached hydrogens (tertiary/aromatic N) is 1. The average molecular weight is 208 g/mol. The molecule has 0 atom stereocenters. The van der Waals surface area contributed by atoms with Gasteiger partial charge >= 0.3 is 0 Å². The van der Waals surface area contributed by atoms with Gasteiger partial charge in [-0.05, 0) is 11.6 Å². The van der Waals surface area contributed by atoms with Gasteiger partial charge in [-0.15, -0.1) is 11.3 Å². The van der Waals surface area contributed by atoms with E-state index in [4.69, 9.17) is 5.73 Å². The normalized spacial score (nSPS) is 10.4. The van der Waals surface area contributed by atoms with Crippen molar-refractivity contribution < 1.29 is 4.39 Å². The fraction of sp³-hybridized carbons (Fsp3) is 0.100. The van der Waals surface area contributed by atoms with Crippen LogP contribution in [0, 0.1) is 0 Å². The molecule has 1 heterocycles. The molecule has 2 aromatic rings. The van der Waals surface area contributed by atoms with Gasteiger partial charge in [0.05, 0.1) is 5.69 Å². The first kappa shape index (κ1) is 9.15. The Morgan fingerprint density at radius 1 is 1.43 bits per heavy atom. The van der Waals surface area contributed by atoms with Gasteiger partial charge < -0.3 is 5.73 Å². The lowest BCUT2D eigenvalue weighted by Gasteiger charge is -1.98. The summed E-state index contributed by atoms with van der Waals surface area (Å²) < 4.78 is 12.4. The summed E-state index contributed by atoms with van der Waals surface area (Å²) in [5, 5.41) is 2.40. The number of alkyl halides is 1. The zero-order valence-corrected chi connectivity index (χ0v) is 8.22. The Balaban J connectivity index is 2.41. The molecule has 0 spiro atoms. The molecule has 0 saturated heterocycles. The van der Waals surface area contributed by atoms with Crippen LogP contribution in [-0.4, -0.2) is 4.98 Å². The van der Waals surface area contributed by atoms with Gasteiger partial charge in [-0.3, -0.25) is 0 Å². The highest BCUT2D eigenvalue weighted by Gasteiger charge is 2.02. The minimum Gasteiger partial charge on any atom is -0.375 e. The third kappa shape index (κ3) is 1.75. The van der Waals surface area contributed by atoms with Crippen molar-refractivity contribution in [3.63, 3.8) is 0 Å². The number of hydrogen-bond donors (Lipinski definition) is 1. The van der Waals surface area contributed by atoms with Crippen LogP contribution < -0.4 is 5.73 Å². The zero-order valence-electron chi connectivity index (χ0n) is 7.40. The predicted molar refractivity (Wildman–Crippen MR) is 56.8 cm³/mol. The summed E-state index contributed by atoms with van der Waals surface area (Å²) in [4.78, 5) is 4.13. The molecule has 14 heavy (non-hydrogen) atoms. The molecule has 72 valence electrons. The maximum atomic E-state index is 12.4. The highest BCUT2D eigenvalue weighted by atomic mass is 32.1. The summed E-state index contributed by atoms with van der Waals surface area (Å²) in [7, 11) is 0. The highest BCUT2D eigenvalue weighted by molar-refractivity contribution is 7.13. The molecule has 0 amide bonds. The molecule has 0 aliphatic carbocycles. The second-order valence-electron chi connectivity index (χ2n) is 2.90. The first-order chi connectivity index (χ1) is 6.79. The molecular weight excluding hydrogens is 199 g/mol. The van der Waals surface area contributed by atoms with E-state index in [9.17, 15) is 4.39 Å². The number of thiazole rings is 1. The third-order valence-corrected chi connectivity index (χ3v) is 2.57. The maximum absolute atomic E-state index is 12.4. The Morgan fingerprint density at radius 3 is 2.93 bits per heavy atom. The Labute approximate surface area is 85.2 Å². The highest BCUT2D eigenvalue weighted by Crippen LogP contribution is 2.23. The third-order valence-electron chi connectivity index (χ3n) is 1.90. The maximum Gasteiger partial charge on any atom is 0.180 e. The summed E-state index contributed by atoms with van der Waals surface area (Å²) in [6.07, 6.45) is 0. The molecule has 4 heteroatoms. The van der Waals surface area contributed by atoms with Crippen LogP contribution in [-0.2, 0) is 6.67 Å². The number of nitrogen functional groups attached to an aromatic ring is 1. The van der Waals surface area contributed by atoms with E-state index in [1.54, 1.807) is 12.1 Å². The number of halogens is 1. The first-order valence-electron chi connectivity index (χ1n) is 4.16. The van der Waals surface area contributed by atoms with E-state index in [1.807, 2.05) is 17.5 Å². The number of benzene rings is 1. The van der Waals surface area contributed by atoms with E-state index >= 15 is 0 Å². The van der Waals surface area contributed by atoms with Crippen molar-refractivity contribution in [2.75, 3.05) is 5.73 Å². The van der Waals surface area contributed by atoms with Crippen LogP contribution in [0.25, 0.3) is 11.3 Å². The number of hydrogen-bond acceptors (Lipinski definition) is 3. The fourth-order valence-corrected chi connectivity index (χ4v) is 1.81. The SMILES string of the molecule is Nc1nc(-c2cccc(CF)c2)cs1. The van der Waals surface area contributed by atoms with Crippen molar-refractivity contribution in [2.45, 2.75) is 6.67 Å². The van der Waals surface area contributed by atoms with Gasteiger partial charge in [0, 0.05) is 10.9 Å². The van der Waals surface area contributed by atoms with Gasteiger partial charge in [-0.2, -0.15) is 0 Å². The van der Waals surface area contributed by atoms with Gasteiger partial charge in [0.15, 0.2) is 5.13 Å². The molecular formula is C10H9FN2S. The standard InChI is InChI=1S/C10H9FN2S/c11-5-7-2-1-3-8(4-7)9-6-14-10(12)13-9/h1-4,6H,5H2,(H2,12,13). The number of rotatable bonds is 2. The zero-order chi connectivity index (χ0) is 9.97. The van der Waals surface area contributed by atoms with Crippen molar-refractivity contribution in [1.29, 1.82) is 0 Å². The molecule has 0 aliphatic rings. The van der Waals surface area contributed by atoms with Crippen LogP contribution in [0.15, 0.2) is 29.6 Å². The monoisotopic (exact) mass is 208 g/mol. The summed E-state index contributed by atoms with van der Waals surface area (Å²) in [5.74, 6) is 0. The predicted octanol–water partition coefficient (Wildman–Crippen LogP) is 2.86. The quantitative estimate of drug-likeness (QED) is 0.824. The second-order valence-corrected chi connectivity index (χ2v) is 3.79.